The lowest BCUT2D eigenvalue weighted by Gasteiger charge is -2.18. The second-order valence-electron chi connectivity index (χ2n) is 6.28. The maximum absolute atomic E-state index is 12.8. The van der Waals surface area contributed by atoms with Crippen LogP contribution in [0.5, 0.6) is 0 Å². The summed E-state index contributed by atoms with van der Waals surface area (Å²) in [5.74, 6) is -0.805. The van der Waals surface area contributed by atoms with Crippen molar-refractivity contribution in [3.05, 3.63) is 65.2 Å². The maximum Gasteiger partial charge on any atom is 0.249 e. The highest BCUT2D eigenvalue weighted by atomic mass is 35.5. The first-order chi connectivity index (χ1) is 13.9. The van der Waals surface area contributed by atoms with Crippen molar-refractivity contribution < 1.29 is 9.59 Å². The average molecular weight is 449 g/mol. The van der Waals surface area contributed by atoms with Crippen molar-refractivity contribution in [2.45, 2.75) is 24.8 Å². The Morgan fingerprint density at radius 2 is 1.72 bits per heavy atom. The van der Waals surface area contributed by atoms with Gasteiger partial charge in [-0.25, -0.2) is 0 Å². The third-order valence-corrected chi connectivity index (χ3v) is 5.36. The van der Waals surface area contributed by atoms with Crippen molar-refractivity contribution >= 4 is 51.5 Å². The predicted octanol–water partition coefficient (Wildman–Crippen LogP) is 4.15. The normalized spacial score (nSPS) is 12.8. The van der Waals surface area contributed by atoms with Crippen molar-refractivity contribution in [2.75, 3.05) is 5.32 Å². The minimum absolute atomic E-state index is 0.324. The van der Waals surface area contributed by atoms with Crippen molar-refractivity contribution in [3.8, 4) is 10.6 Å². The van der Waals surface area contributed by atoms with Gasteiger partial charge in [0, 0.05) is 17.0 Å². The standard InChI is InChI=1S/C20H18Cl2N4O2S/c1-12(21)17(27)23-16(11-13-5-3-2-4-6-13)18(28)24-20-26-25-19(29-20)14-7-9-15(22)10-8-14/h2-10,12,16H,11H2,1H3,(H,23,27)(H,24,26,28)/t12-,16-/m0/s1. The molecule has 0 bridgehead atoms. The van der Waals surface area contributed by atoms with Gasteiger partial charge < -0.3 is 5.32 Å². The molecule has 0 fully saturated rings. The maximum atomic E-state index is 12.8. The average Bonchev–Trinajstić information content (AvgIpc) is 3.17. The van der Waals surface area contributed by atoms with E-state index < -0.39 is 23.2 Å². The molecule has 3 rings (SSSR count). The Morgan fingerprint density at radius 1 is 1.03 bits per heavy atom. The van der Waals surface area contributed by atoms with E-state index in [0.29, 0.717) is 21.6 Å². The van der Waals surface area contributed by atoms with E-state index in [4.69, 9.17) is 23.2 Å². The van der Waals surface area contributed by atoms with Crippen LogP contribution in [0.1, 0.15) is 12.5 Å². The summed E-state index contributed by atoms with van der Waals surface area (Å²) in [6.07, 6.45) is 0.324. The molecule has 2 amide bonds. The third kappa shape index (κ3) is 6.00. The van der Waals surface area contributed by atoms with E-state index in [1.165, 1.54) is 11.3 Å². The number of hydrogen-bond donors (Lipinski definition) is 2. The minimum Gasteiger partial charge on any atom is -0.343 e. The molecule has 2 aromatic carbocycles. The number of carbonyl (C=O) groups is 2. The number of anilines is 1. The van der Waals surface area contributed by atoms with Gasteiger partial charge in [0.15, 0.2) is 0 Å². The highest BCUT2D eigenvalue weighted by Gasteiger charge is 2.24. The first kappa shape index (κ1) is 21.2. The zero-order chi connectivity index (χ0) is 20.8. The van der Waals surface area contributed by atoms with Crippen molar-refractivity contribution in [1.82, 2.24) is 15.5 Å². The Bertz CT molecular complexity index is 978. The topological polar surface area (TPSA) is 84.0 Å². The first-order valence-electron chi connectivity index (χ1n) is 8.81. The predicted molar refractivity (Wildman–Crippen MR) is 116 cm³/mol. The Balaban J connectivity index is 1.73. The van der Waals surface area contributed by atoms with Crippen LogP contribution in [0.15, 0.2) is 54.6 Å². The number of halogens is 2. The fourth-order valence-corrected chi connectivity index (χ4v) is 3.46. The summed E-state index contributed by atoms with van der Waals surface area (Å²) in [7, 11) is 0. The van der Waals surface area contributed by atoms with Crippen molar-refractivity contribution in [3.63, 3.8) is 0 Å². The molecule has 3 aromatic rings. The van der Waals surface area contributed by atoms with Gasteiger partial charge in [-0.05, 0) is 24.6 Å². The molecule has 0 saturated carbocycles. The summed E-state index contributed by atoms with van der Waals surface area (Å²) >= 11 is 13.0. The van der Waals surface area contributed by atoms with Gasteiger partial charge in [0.2, 0.25) is 16.9 Å². The summed E-state index contributed by atoms with van der Waals surface area (Å²) in [6, 6.07) is 15.8. The largest absolute Gasteiger partial charge is 0.343 e. The molecule has 2 atom stereocenters. The molecular weight excluding hydrogens is 431 g/mol. The quantitative estimate of drug-likeness (QED) is 0.531. The Kier molecular flexibility index (Phi) is 7.19. The zero-order valence-corrected chi connectivity index (χ0v) is 17.8. The molecule has 0 aliphatic heterocycles. The summed E-state index contributed by atoms with van der Waals surface area (Å²) < 4.78 is 0. The number of hydrogen-bond acceptors (Lipinski definition) is 5. The fraction of sp³-hybridized carbons (Fsp3) is 0.200. The van der Waals surface area contributed by atoms with E-state index in [1.54, 1.807) is 19.1 Å². The van der Waals surface area contributed by atoms with Crippen LogP contribution in [0.4, 0.5) is 5.13 Å². The number of aromatic nitrogens is 2. The van der Waals surface area contributed by atoms with E-state index in [1.807, 2.05) is 42.5 Å². The molecule has 6 nitrogen and oxygen atoms in total. The zero-order valence-electron chi connectivity index (χ0n) is 15.4. The highest BCUT2D eigenvalue weighted by Crippen LogP contribution is 2.27. The van der Waals surface area contributed by atoms with Crippen LogP contribution in [-0.4, -0.2) is 33.4 Å². The fourth-order valence-electron chi connectivity index (χ4n) is 2.52. The second kappa shape index (κ2) is 9.82. The molecule has 0 unspecified atom stereocenters. The van der Waals surface area contributed by atoms with Gasteiger partial charge in [-0.1, -0.05) is 65.4 Å². The molecule has 1 aromatic heterocycles. The lowest BCUT2D eigenvalue weighted by molar-refractivity contribution is -0.126. The van der Waals surface area contributed by atoms with Gasteiger partial charge in [0.05, 0.1) is 0 Å². The van der Waals surface area contributed by atoms with E-state index in [0.717, 1.165) is 11.1 Å². The van der Waals surface area contributed by atoms with Gasteiger partial charge in [-0.3, -0.25) is 14.9 Å². The third-order valence-electron chi connectivity index (χ3n) is 4.02. The Labute approximate surface area is 182 Å². The Hall–Kier alpha value is -2.48. The van der Waals surface area contributed by atoms with Crippen LogP contribution < -0.4 is 10.6 Å². The number of nitrogens with zero attached hydrogens (tertiary/aromatic N) is 2. The minimum atomic E-state index is -0.797. The molecule has 0 radical (unpaired) electrons. The van der Waals surface area contributed by atoms with Gasteiger partial charge in [0.1, 0.15) is 16.4 Å². The number of nitrogens with one attached hydrogen (secondary N) is 2. The first-order valence-corrected chi connectivity index (χ1v) is 10.4. The molecule has 0 aliphatic carbocycles. The van der Waals surface area contributed by atoms with E-state index in [9.17, 15) is 9.59 Å². The van der Waals surface area contributed by atoms with Gasteiger partial charge in [-0.2, -0.15) is 0 Å². The lowest BCUT2D eigenvalue weighted by atomic mass is 10.1. The lowest BCUT2D eigenvalue weighted by Crippen LogP contribution is -2.47. The number of rotatable bonds is 7. The molecule has 29 heavy (non-hydrogen) atoms. The van der Waals surface area contributed by atoms with E-state index in [2.05, 4.69) is 20.8 Å². The molecule has 0 spiro atoms. The summed E-state index contributed by atoms with van der Waals surface area (Å²) in [5, 5.41) is 14.4. The molecule has 9 heteroatoms. The Morgan fingerprint density at radius 3 is 2.38 bits per heavy atom. The van der Waals surface area contributed by atoms with E-state index >= 15 is 0 Å². The second-order valence-corrected chi connectivity index (χ2v) is 8.34. The van der Waals surface area contributed by atoms with Crippen LogP contribution in [0.3, 0.4) is 0 Å². The van der Waals surface area contributed by atoms with E-state index in [-0.39, 0.29) is 0 Å². The van der Waals surface area contributed by atoms with Crippen LogP contribution in [0, 0.1) is 0 Å². The number of alkyl halides is 1. The van der Waals surface area contributed by atoms with Crippen LogP contribution in [0.25, 0.3) is 10.6 Å². The van der Waals surface area contributed by atoms with Crippen molar-refractivity contribution in [2.24, 2.45) is 0 Å². The summed E-state index contributed by atoms with van der Waals surface area (Å²) in [5.41, 5.74) is 1.76. The number of carbonyl (C=O) groups excluding carboxylic acids is 2. The molecule has 150 valence electrons. The molecule has 2 N–H and O–H groups in total. The molecule has 0 aliphatic rings. The van der Waals surface area contributed by atoms with Gasteiger partial charge >= 0.3 is 0 Å². The SMILES string of the molecule is C[C@H](Cl)C(=O)N[C@@H](Cc1ccccc1)C(=O)Nc1nnc(-c2ccc(Cl)cc2)s1. The smallest absolute Gasteiger partial charge is 0.249 e. The van der Waals surface area contributed by atoms with Gasteiger partial charge in [-0.15, -0.1) is 21.8 Å². The molecule has 1 heterocycles. The summed E-state index contributed by atoms with van der Waals surface area (Å²) in [6.45, 7) is 1.55. The van der Waals surface area contributed by atoms with Crippen molar-refractivity contribution in [1.29, 1.82) is 0 Å². The number of amides is 2. The van der Waals surface area contributed by atoms with Crippen LogP contribution in [0.2, 0.25) is 5.02 Å². The van der Waals surface area contributed by atoms with Crippen LogP contribution >= 0.6 is 34.5 Å². The summed E-state index contributed by atoms with van der Waals surface area (Å²) in [4.78, 5) is 24.9. The molecule has 0 saturated heterocycles. The highest BCUT2D eigenvalue weighted by molar-refractivity contribution is 7.18. The molecular formula is C20H18Cl2N4O2S. The number of benzene rings is 2. The van der Waals surface area contributed by atoms with Crippen LogP contribution in [-0.2, 0) is 16.0 Å². The van der Waals surface area contributed by atoms with Gasteiger partial charge in [0.25, 0.3) is 0 Å². The monoisotopic (exact) mass is 448 g/mol.